The van der Waals surface area contributed by atoms with Gasteiger partial charge in [0.15, 0.2) is 0 Å². The molecule has 0 atom stereocenters. The predicted octanol–water partition coefficient (Wildman–Crippen LogP) is 1.70. The number of benzene rings is 1. The van der Waals surface area contributed by atoms with E-state index in [2.05, 4.69) is 15.5 Å². The molecule has 0 saturated heterocycles. The van der Waals surface area contributed by atoms with Crippen molar-refractivity contribution < 1.29 is 9.72 Å². The smallest absolute Gasteiger partial charge is 0.285 e. The number of nitro groups is 1. The first kappa shape index (κ1) is 15.8. The van der Waals surface area contributed by atoms with Crippen molar-refractivity contribution >= 4 is 28.1 Å². The Kier molecular flexibility index (Phi) is 4.99. The largest absolute Gasteiger partial charge is 0.374 e. The summed E-state index contributed by atoms with van der Waals surface area (Å²) in [6.07, 6.45) is 1.30. The molecule has 8 nitrogen and oxygen atoms in total. The highest BCUT2D eigenvalue weighted by Crippen LogP contribution is 2.22. The number of hydrogen-bond donors (Lipinski definition) is 2. The fraction of sp³-hybridized carbons (Fsp3) is 0.308. The topological polar surface area (TPSA) is 124 Å². The molecule has 0 saturated carbocycles. The average molecular weight is 321 g/mol. The number of nitrogen functional groups attached to an aromatic ring is 1. The summed E-state index contributed by atoms with van der Waals surface area (Å²) in [6, 6.07) is 4.68. The summed E-state index contributed by atoms with van der Waals surface area (Å²) in [5, 5.41) is 22.5. The van der Waals surface area contributed by atoms with Gasteiger partial charge in [-0.1, -0.05) is 23.5 Å². The third-order valence-electron chi connectivity index (χ3n) is 3.00. The van der Waals surface area contributed by atoms with Crippen LogP contribution in [0, 0.1) is 17.0 Å². The molecule has 3 N–H and O–H groups in total. The van der Waals surface area contributed by atoms with Crippen LogP contribution in [0.5, 0.6) is 0 Å². The Hall–Kier alpha value is -2.55. The molecule has 1 heterocycles. The number of aryl methyl sites for hydroxylation is 2. The highest BCUT2D eigenvalue weighted by molar-refractivity contribution is 7.15. The normalized spacial score (nSPS) is 10.4. The third-order valence-corrected chi connectivity index (χ3v) is 3.81. The van der Waals surface area contributed by atoms with Crippen LogP contribution < -0.4 is 11.1 Å². The zero-order valence-corrected chi connectivity index (χ0v) is 12.7. The van der Waals surface area contributed by atoms with E-state index >= 15 is 0 Å². The number of nitro benzene ring substituents is 1. The molecular weight excluding hydrogens is 306 g/mol. The molecule has 116 valence electrons. The van der Waals surface area contributed by atoms with Gasteiger partial charge in [-0.3, -0.25) is 14.9 Å². The first-order valence-electron chi connectivity index (χ1n) is 6.59. The maximum atomic E-state index is 12.1. The van der Waals surface area contributed by atoms with Crippen molar-refractivity contribution in [3.8, 4) is 0 Å². The van der Waals surface area contributed by atoms with E-state index in [-0.39, 0.29) is 11.3 Å². The molecule has 2 aromatic rings. The van der Waals surface area contributed by atoms with Crippen molar-refractivity contribution in [1.82, 2.24) is 15.5 Å². The minimum atomic E-state index is -0.533. The molecule has 0 aliphatic heterocycles. The summed E-state index contributed by atoms with van der Waals surface area (Å²) in [5.41, 5.74) is 5.86. The number of hydrogen-bond acceptors (Lipinski definition) is 7. The summed E-state index contributed by atoms with van der Waals surface area (Å²) >= 11 is 1.30. The number of nitrogens with zero attached hydrogens (tertiary/aromatic N) is 3. The Morgan fingerprint density at radius 2 is 2.23 bits per heavy atom. The predicted molar refractivity (Wildman–Crippen MR) is 82.8 cm³/mol. The SMILES string of the molecule is Cc1cccc(C(=O)NCCCc2nnc(N)s2)c1[N+](=O)[O-]. The summed E-state index contributed by atoms with van der Waals surface area (Å²) in [4.78, 5) is 22.6. The summed E-state index contributed by atoms with van der Waals surface area (Å²) in [7, 11) is 0. The van der Waals surface area contributed by atoms with E-state index in [1.165, 1.54) is 17.4 Å². The number of amides is 1. The molecule has 1 aromatic carbocycles. The first-order chi connectivity index (χ1) is 10.5. The second-order valence-corrected chi connectivity index (χ2v) is 5.72. The van der Waals surface area contributed by atoms with Crippen molar-refractivity contribution in [2.45, 2.75) is 19.8 Å². The van der Waals surface area contributed by atoms with Crippen LogP contribution in [-0.2, 0) is 6.42 Å². The van der Waals surface area contributed by atoms with Crippen molar-refractivity contribution in [2.24, 2.45) is 0 Å². The number of rotatable bonds is 6. The molecule has 0 aliphatic rings. The molecule has 0 fully saturated rings. The van der Waals surface area contributed by atoms with Gasteiger partial charge in [-0.05, 0) is 19.4 Å². The second kappa shape index (κ2) is 6.94. The zero-order chi connectivity index (χ0) is 16.1. The van der Waals surface area contributed by atoms with Gasteiger partial charge in [0.1, 0.15) is 10.6 Å². The van der Waals surface area contributed by atoms with Gasteiger partial charge in [0, 0.05) is 18.5 Å². The average Bonchev–Trinajstić information content (AvgIpc) is 2.88. The highest BCUT2D eigenvalue weighted by atomic mass is 32.1. The van der Waals surface area contributed by atoms with Crippen LogP contribution in [-0.4, -0.2) is 27.6 Å². The second-order valence-electron chi connectivity index (χ2n) is 4.62. The zero-order valence-electron chi connectivity index (χ0n) is 11.9. The molecule has 0 aliphatic carbocycles. The third kappa shape index (κ3) is 3.76. The van der Waals surface area contributed by atoms with Crippen LogP contribution in [0.3, 0.4) is 0 Å². The van der Waals surface area contributed by atoms with Crippen LogP contribution in [0.25, 0.3) is 0 Å². The number of aromatic nitrogens is 2. The van der Waals surface area contributed by atoms with Crippen LogP contribution in [0.4, 0.5) is 10.8 Å². The quantitative estimate of drug-likeness (QED) is 0.474. The number of nitrogens with two attached hydrogens (primary N) is 1. The van der Waals surface area contributed by atoms with Crippen molar-refractivity contribution in [2.75, 3.05) is 12.3 Å². The Morgan fingerprint density at radius 1 is 1.45 bits per heavy atom. The Morgan fingerprint density at radius 3 is 2.86 bits per heavy atom. The van der Waals surface area contributed by atoms with E-state index in [0.717, 1.165) is 5.01 Å². The van der Waals surface area contributed by atoms with E-state index < -0.39 is 10.8 Å². The molecule has 0 unspecified atom stereocenters. The van der Waals surface area contributed by atoms with Gasteiger partial charge in [-0.15, -0.1) is 10.2 Å². The molecule has 2 rings (SSSR count). The lowest BCUT2D eigenvalue weighted by atomic mass is 10.1. The van der Waals surface area contributed by atoms with Gasteiger partial charge >= 0.3 is 0 Å². The number of carbonyl (C=O) groups excluding carboxylic acids is 1. The van der Waals surface area contributed by atoms with E-state index in [1.54, 1.807) is 19.1 Å². The Balaban J connectivity index is 1.93. The van der Waals surface area contributed by atoms with E-state index in [4.69, 9.17) is 5.73 Å². The first-order valence-corrected chi connectivity index (χ1v) is 7.40. The lowest BCUT2D eigenvalue weighted by Crippen LogP contribution is -2.25. The summed E-state index contributed by atoms with van der Waals surface area (Å²) in [5.74, 6) is -0.452. The van der Waals surface area contributed by atoms with Gasteiger partial charge in [0.05, 0.1) is 4.92 Å². The maximum Gasteiger partial charge on any atom is 0.285 e. The van der Waals surface area contributed by atoms with E-state index in [9.17, 15) is 14.9 Å². The molecule has 9 heteroatoms. The van der Waals surface area contributed by atoms with Gasteiger partial charge < -0.3 is 11.1 Å². The highest BCUT2D eigenvalue weighted by Gasteiger charge is 2.21. The molecule has 0 radical (unpaired) electrons. The van der Waals surface area contributed by atoms with Crippen molar-refractivity contribution in [3.63, 3.8) is 0 Å². The van der Waals surface area contributed by atoms with Crippen molar-refractivity contribution in [3.05, 3.63) is 44.4 Å². The fourth-order valence-electron chi connectivity index (χ4n) is 1.99. The molecule has 1 aromatic heterocycles. The fourth-order valence-corrected chi connectivity index (χ4v) is 2.64. The Labute approximate surface area is 130 Å². The molecule has 0 bridgehead atoms. The number of carbonyl (C=O) groups is 1. The summed E-state index contributed by atoms with van der Waals surface area (Å²) in [6.45, 7) is 2.00. The standard InChI is InChI=1S/C13H15N5O3S/c1-8-4-2-5-9(11(8)18(20)21)12(19)15-7-3-6-10-16-17-13(14)22-10/h2,4-5H,3,6-7H2,1H3,(H2,14,17)(H,15,19). The van der Waals surface area contributed by atoms with Gasteiger partial charge in [0.2, 0.25) is 5.13 Å². The number of para-hydroxylation sites is 1. The van der Waals surface area contributed by atoms with Crippen LogP contribution in [0.2, 0.25) is 0 Å². The van der Waals surface area contributed by atoms with Crippen LogP contribution in [0.1, 0.15) is 27.3 Å². The lowest BCUT2D eigenvalue weighted by Gasteiger charge is -2.06. The van der Waals surface area contributed by atoms with Gasteiger partial charge in [0.25, 0.3) is 11.6 Å². The molecular formula is C13H15N5O3S. The minimum Gasteiger partial charge on any atom is -0.374 e. The van der Waals surface area contributed by atoms with Gasteiger partial charge in [-0.2, -0.15) is 0 Å². The molecule has 0 spiro atoms. The number of anilines is 1. The molecule has 1 amide bonds. The van der Waals surface area contributed by atoms with Crippen LogP contribution in [0.15, 0.2) is 18.2 Å². The lowest BCUT2D eigenvalue weighted by molar-refractivity contribution is -0.385. The van der Waals surface area contributed by atoms with Crippen LogP contribution >= 0.6 is 11.3 Å². The molecule has 22 heavy (non-hydrogen) atoms. The van der Waals surface area contributed by atoms with E-state index in [1.807, 2.05) is 0 Å². The summed E-state index contributed by atoms with van der Waals surface area (Å²) < 4.78 is 0. The minimum absolute atomic E-state index is 0.0742. The maximum absolute atomic E-state index is 12.1. The monoisotopic (exact) mass is 321 g/mol. The Bertz CT molecular complexity index is 701. The number of nitrogens with one attached hydrogen (secondary N) is 1. The van der Waals surface area contributed by atoms with E-state index in [0.29, 0.717) is 30.1 Å². The van der Waals surface area contributed by atoms with Crippen molar-refractivity contribution in [1.29, 1.82) is 0 Å². The van der Waals surface area contributed by atoms with Gasteiger partial charge in [-0.25, -0.2) is 0 Å².